The molecule has 0 aliphatic rings. The van der Waals surface area contributed by atoms with E-state index >= 15 is 0 Å². The molecule has 0 atom stereocenters. The van der Waals surface area contributed by atoms with Gasteiger partial charge >= 0.3 is 31.2 Å². The summed E-state index contributed by atoms with van der Waals surface area (Å²) in [5.74, 6) is -26.6. The highest BCUT2D eigenvalue weighted by Gasteiger charge is 2.83. The van der Waals surface area contributed by atoms with E-state index in [4.69, 9.17) is 0 Å². The van der Waals surface area contributed by atoms with Crippen molar-refractivity contribution in [2.45, 2.75) is 23.9 Å². The molecule has 0 rings (SSSR count). The number of halogens is 13. The molecule has 0 nitrogen and oxygen atoms in total. The average molecular weight is 330 g/mol. The molecule has 0 heterocycles. The fourth-order valence-corrected chi connectivity index (χ4v) is 0.759. The van der Waals surface area contributed by atoms with Gasteiger partial charge in [-0.25, -0.2) is 8.78 Å². The van der Waals surface area contributed by atoms with E-state index < -0.39 is 42.8 Å². The molecule has 0 amide bonds. The largest absolute Gasteiger partial charge is 0.604 e. The van der Waals surface area contributed by atoms with Crippen molar-refractivity contribution in [3.63, 3.8) is 0 Å². The maximum absolute atomic E-state index is 12.5. The van der Waals surface area contributed by atoms with Crippen LogP contribution in [0.25, 0.3) is 0 Å². The second kappa shape index (κ2) is 5.02. The maximum Gasteiger partial charge on any atom is 0.604 e. The minimum atomic E-state index is -7.53. The summed E-state index contributed by atoms with van der Waals surface area (Å²) >= 11 is 0. The smallest absolute Gasteiger partial charge is 0.279 e. The lowest BCUT2D eigenvalue weighted by Gasteiger charge is -2.32. The molecule has 0 aromatic rings. The molecular weight excluding hydrogens is 330 g/mol. The van der Waals surface area contributed by atoms with Crippen LogP contribution >= 0.6 is 0 Å². The first-order chi connectivity index (χ1) is 8.51. The van der Waals surface area contributed by atoms with Crippen molar-refractivity contribution in [1.82, 2.24) is 0 Å². The topological polar surface area (TPSA) is 0 Å². The van der Waals surface area contributed by atoms with Crippen molar-refractivity contribution < 1.29 is 56.9 Å². The molecule has 0 radical (unpaired) electrons. The lowest BCUT2D eigenvalue weighted by atomic mass is 9.91. The summed E-state index contributed by atoms with van der Waals surface area (Å²) in [6, 6.07) is 0. The van der Waals surface area contributed by atoms with Gasteiger partial charge in [-0.2, -0.15) is 39.5 Å². The Morgan fingerprint density at radius 2 is 1.00 bits per heavy atom. The first-order valence-electron chi connectivity index (χ1n) is 4.05. The first kappa shape index (κ1) is 18.9. The highest BCUT2D eigenvalue weighted by Crippen LogP contribution is 2.55. The van der Waals surface area contributed by atoms with Gasteiger partial charge in [-0.15, -0.1) is 0 Å². The van der Waals surface area contributed by atoms with Crippen LogP contribution in [-0.4, -0.2) is 31.2 Å². The van der Waals surface area contributed by atoms with Crippen LogP contribution < -0.4 is 0 Å². The van der Waals surface area contributed by atoms with Gasteiger partial charge in [0.15, 0.2) is 5.73 Å². The van der Waals surface area contributed by atoms with Gasteiger partial charge < -0.3 is 0 Å². The zero-order valence-electron chi connectivity index (χ0n) is 8.49. The molecule has 0 saturated carbocycles. The second-order valence-electron chi connectivity index (χ2n) is 3.18. The van der Waals surface area contributed by atoms with Gasteiger partial charge in [0.05, 0.1) is 0 Å². The van der Waals surface area contributed by atoms with Crippen LogP contribution in [0.15, 0.2) is 11.6 Å². The molecule has 0 saturated heterocycles. The Morgan fingerprint density at radius 3 is 1.25 bits per heavy atom. The number of allylic oxidation sites excluding steroid dienone is 1. The van der Waals surface area contributed by atoms with E-state index in [0.717, 1.165) is 0 Å². The summed E-state index contributed by atoms with van der Waals surface area (Å²) in [6.45, 7) is 0. The Balaban J connectivity index is 6.02. The maximum atomic E-state index is 12.5. The monoisotopic (exact) mass is 330 g/mol. The molecule has 0 aromatic heterocycles. The highest BCUT2D eigenvalue weighted by atomic mass is 19.4. The zero-order valence-corrected chi connectivity index (χ0v) is 8.49. The van der Waals surface area contributed by atoms with E-state index in [2.05, 4.69) is 0 Å². The summed E-state index contributed by atoms with van der Waals surface area (Å²) in [6.07, 6.45) is -7.26. The first-order valence-corrected chi connectivity index (χ1v) is 4.05. The molecule has 0 aliphatic heterocycles. The Labute approximate surface area is 101 Å². The van der Waals surface area contributed by atoms with E-state index in [1.165, 1.54) is 0 Å². The predicted molar refractivity (Wildman–Crippen MR) is 38.1 cm³/mol. The SMILES string of the molecule is FB(F)/C(F)=C(\F)C(F)(F)C(F)(F)C(F)(F)C(F)(F)F. The van der Waals surface area contributed by atoms with Crippen LogP contribution in [0.1, 0.15) is 0 Å². The van der Waals surface area contributed by atoms with Gasteiger partial charge in [0, 0.05) is 0 Å². The third-order valence-corrected chi connectivity index (χ3v) is 1.82. The molecule has 20 heavy (non-hydrogen) atoms. The van der Waals surface area contributed by atoms with E-state index in [-0.39, 0.29) is 0 Å². The van der Waals surface area contributed by atoms with Gasteiger partial charge in [-0.1, -0.05) is 0 Å². The van der Waals surface area contributed by atoms with Gasteiger partial charge in [0.2, 0.25) is 5.83 Å². The van der Waals surface area contributed by atoms with E-state index in [1.807, 2.05) is 0 Å². The number of alkyl halides is 9. The second-order valence-corrected chi connectivity index (χ2v) is 3.18. The Morgan fingerprint density at radius 1 is 0.650 bits per heavy atom. The minimum Gasteiger partial charge on any atom is -0.279 e. The van der Waals surface area contributed by atoms with Crippen LogP contribution in [0, 0.1) is 0 Å². The standard InChI is InChI=1S/C6BF13/c8-1(2(9)7(19)20)3(10,11)4(12,13)5(14,15)6(16,17)18/b2-1+. The van der Waals surface area contributed by atoms with Gasteiger partial charge in [-0.05, 0) is 0 Å². The Hall–Kier alpha value is -1.11. The summed E-state index contributed by atoms with van der Waals surface area (Å²) in [5, 5.41) is 0. The van der Waals surface area contributed by atoms with Crippen LogP contribution in [0.2, 0.25) is 0 Å². The van der Waals surface area contributed by atoms with Crippen LogP contribution in [-0.2, 0) is 0 Å². The Bertz CT molecular complexity index is 390. The van der Waals surface area contributed by atoms with Gasteiger partial charge in [-0.3, -0.25) is 8.63 Å². The van der Waals surface area contributed by atoms with Crippen molar-refractivity contribution >= 4 is 7.27 Å². The van der Waals surface area contributed by atoms with Crippen LogP contribution in [0.4, 0.5) is 56.9 Å². The molecule has 0 aliphatic carbocycles. The molecule has 14 heteroatoms. The van der Waals surface area contributed by atoms with Crippen molar-refractivity contribution in [3.8, 4) is 0 Å². The lowest BCUT2D eigenvalue weighted by Crippen LogP contribution is -2.61. The van der Waals surface area contributed by atoms with Crippen molar-refractivity contribution in [1.29, 1.82) is 0 Å². The van der Waals surface area contributed by atoms with Crippen molar-refractivity contribution in [2.24, 2.45) is 0 Å². The molecule has 0 N–H and O–H groups in total. The van der Waals surface area contributed by atoms with E-state index in [0.29, 0.717) is 0 Å². The van der Waals surface area contributed by atoms with Gasteiger partial charge in [0.1, 0.15) is 0 Å². The zero-order chi connectivity index (χ0) is 16.7. The quantitative estimate of drug-likeness (QED) is 0.523. The fourth-order valence-electron chi connectivity index (χ4n) is 0.759. The number of hydrogen-bond donors (Lipinski definition) is 0. The lowest BCUT2D eigenvalue weighted by molar-refractivity contribution is -0.391. The van der Waals surface area contributed by atoms with Crippen LogP contribution in [0.5, 0.6) is 0 Å². The van der Waals surface area contributed by atoms with E-state index in [1.54, 1.807) is 0 Å². The normalized spacial score (nSPS) is 16.1. The Kier molecular flexibility index (Phi) is 4.74. The number of hydrogen-bond acceptors (Lipinski definition) is 0. The third-order valence-electron chi connectivity index (χ3n) is 1.82. The minimum absolute atomic E-state index is 3.88. The predicted octanol–water partition coefficient (Wildman–Crippen LogP) is 4.57. The van der Waals surface area contributed by atoms with Crippen molar-refractivity contribution in [3.05, 3.63) is 11.6 Å². The van der Waals surface area contributed by atoms with Gasteiger partial charge in [0.25, 0.3) is 0 Å². The van der Waals surface area contributed by atoms with Crippen LogP contribution in [0.3, 0.4) is 0 Å². The molecular formula is C6BF13. The molecule has 0 spiro atoms. The summed E-state index contributed by atoms with van der Waals surface area (Å²) < 4.78 is 156. The summed E-state index contributed by atoms with van der Waals surface area (Å²) in [4.78, 5) is 0. The average Bonchev–Trinajstić information content (AvgIpc) is 2.24. The number of rotatable bonds is 4. The fraction of sp³-hybridized carbons (Fsp3) is 0.667. The summed E-state index contributed by atoms with van der Waals surface area (Å²) in [7, 11) is -4.75. The molecule has 0 bridgehead atoms. The molecule has 0 fully saturated rings. The van der Waals surface area contributed by atoms with E-state index in [9.17, 15) is 56.9 Å². The molecule has 118 valence electrons. The molecule has 0 aromatic carbocycles. The third kappa shape index (κ3) is 2.68. The molecule has 0 unspecified atom stereocenters. The summed E-state index contributed by atoms with van der Waals surface area (Å²) in [5.41, 5.74) is -3.88. The highest BCUT2D eigenvalue weighted by molar-refractivity contribution is 6.51. The van der Waals surface area contributed by atoms with Crippen molar-refractivity contribution in [2.75, 3.05) is 0 Å².